The molecule has 2 bridgehead atoms. The maximum Gasteiger partial charge on any atom is 0.240 e. The zero-order valence-electron chi connectivity index (χ0n) is 12.9. The van der Waals surface area contributed by atoms with Gasteiger partial charge in [0.25, 0.3) is 0 Å². The van der Waals surface area contributed by atoms with Crippen LogP contribution < -0.4 is 4.72 Å². The number of benzene rings is 1. The summed E-state index contributed by atoms with van der Waals surface area (Å²) in [6.07, 6.45) is 6.04. The van der Waals surface area contributed by atoms with Gasteiger partial charge in [0.15, 0.2) is 0 Å². The summed E-state index contributed by atoms with van der Waals surface area (Å²) in [4.78, 5) is 0.301. The number of aromatic nitrogens is 4. The third kappa shape index (κ3) is 2.66. The molecule has 0 aliphatic heterocycles. The maximum absolute atomic E-state index is 12.7. The second-order valence-electron chi connectivity index (χ2n) is 6.61. The zero-order valence-corrected chi connectivity index (χ0v) is 13.7. The monoisotopic (exact) mass is 333 g/mol. The fourth-order valence-corrected chi connectivity index (χ4v) is 5.38. The Morgan fingerprint density at radius 2 is 2.13 bits per heavy atom. The molecule has 2 aliphatic rings. The third-order valence-electron chi connectivity index (χ3n) is 5.12. The molecule has 1 heterocycles. The number of aryl methyl sites for hydroxylation is 1. The molecule has 23 heavy (non-hydrogen) atoms. The lowest BCUT2D eigenvalue weighted by molar-refractivity contribution is 0.390. The number of hydrogen-bond donors (Lipinski definition) is 1. The first-order valence-corrected chi connectivity index (χ1v) is 9.37. The van der Waals surface area contributed by atoms with Gasteiger partial charge in [-0.2, -0.15) is 0 Å². The van der Waals surface area contributed by atoms with Crippen LogP contribution >= 0.6 is 0 Å². The molecular formula is C15H19N5O2S. The molecule has 3 unspecified atom stereocenters. The van der Waals surface area contributed by atoms with Crippen molar-refractivity contribution in [2.75, 3.05) is 0 Å². The summed E-state index contributed by atoms with van der Waals surface area (Å²) in [5, 5.41) is 11.0. The second kappa shape index (κ2) is 5.38. The van der Waals surface area contributed by atoms with E-state index in [0.29, 0.717) is 16.7 Å². The lowest BCUT2D eigenvalue weighted by Crippen LogP contribution is -2.38. The predicted octanol–water partition coefficient (Wildman–Crippen LogP) is 1.44. The standard InChI is InChI=1S/C15H19N5O2S/c1-10-6-13(4-5-15(10)20-9-16-18-19-20)23(21,22)17-14-8-11-2-3-12(14)7-11/h4-6,9,11-12,14,17H,2-3,7-8H2,1H3. The van der Waals surface area contributed by atoms with Gasteiger partial charge in [-0.15, -0.1) is 5.10 Å². The Kier molecular flexibility index (Phi) is 3.46. The lowest BCUT2D eigenvalue weighted by Gasteiger charge is -2.23. The second-order valence-corrected chi connectivity index (χ2v) is 8.32. The van der Waals surface area contributed by atoms with Crippen LogP contribution in [-0.4, -0.2) is 34.7 Å². The molecule has 2 saturated carbocycles. The van der Waals surface area contributed by atoms with Gasteiger partial charge in [-0.25, -0.2) is 17.8 Å². The van der Waals surface area contributed by atoms with E-state index in [1.807, 2.05) is 6.92 Å². The minimum absolute atomic E-state index is 0.0956. The molecule has 122 valence electrons. The highest BCUT2D eigenvalue weighted by Crippen LogP contribution is 2.44. The van der Waals surface area contributed by atoms with E-state index < -0.39 is 10.0 Å². The normalized spacial score (nSPS) is 26.7. The van der Waals surface area contributed by atoms with E-state index >= 15 is 0 Å². The first-order chi connectivity index (χ1) is 11.0. The van der Waals surface area contributed by atoms with Crippen molar-refractivity contribution in [2.45, 2.75) is 43.5 Å². The average molecular weight is 333 g/mol. The Balaban J connectivity index is 1.58. The van der Waals surface area contributed by atoms with E-state index in [1.54, 1.807) is 18.2 Å². The summed E-state index contributed by atoms with van der Waals surface area (Å²) in [6.45, 7) is 1.85. The van der Waals surface area contributed by atoms with Gasteiger partial charge in [-0.1, -0.05) is 6.42 Å². The van der Waals surface area contributed by atoms with Gasteiger partial charge >= 0.3 is 0 Å². The highest BCUT2D eigenvalue weighted by atomic mass is 32.2. The van der Waals surface area contributed by atoms with Crippen LogP contribution in [0.4, 0.5) is 0 Å². The molecule has 2 aliphatic carbocycles. The van der Waals surface area contributed by atoms with E-state index in [-0.39, 0.29) is 6.04 Å². The van der Waals surface area contributed by atoms with Crippen molar-refractivity contribution < 1.29 is 8.42 Å². The lowest BCUT2D eigenvalue weighted by atomic mass is 9.96. The van der Waals surface area contributed by atoms with Crippen LogP contribution in [0.25, 0.3) is 5.69 Å². The van der Waals surface area contributed by atoms with Crippen LogP contribution in [0.15, 0.2) is 29.4 Å². The summed E-state index contributed by atoms with van der Waals surface area (Å²) in [5.41, 5.74) is 1.59. The molecule has 8 heteroatoms. The van der Waals surface area contributed by atoms with Gasteiger partial charge in [0.1, 0.15) is 6.33 Å². The number of tetrazole rings is 1. The Morgan fingerprint density at radius 3 is 2.74 bits per heavy atom. The van der Waals surface area contributed by atoms with Crippen molar-refractivity contribution in [3.05, 3.63) is 30.1 Å². The highest BCUT2D eigenvalue weighted by Gasteiger charge is 2.41. The largest absolute Gasteiger partial charge is 0.240 e. The summed E-state index contributed by atoms with van der Waals surface area (Å²) in [6, 6.07) is 5.12. The van der Waals surface area contributed by atoms with E-state index in [2.05, 4.69) is 20.2 Å². The number of sulfonamides is 1. The van der Waals surface area contributed by atoms with E-state index in [9.17, 15) is 8.42 Å². The average Bonchev–Trinajstić information content (AvgIpc) is 3.24. The Labute approximate surface area is 135 Å². The van der Waals surface area contributed by atoms with Crippen molar-refractivity contribution in [3.63, 3.8) is 0 Å². The Bertz CT molecular complexity index is 818. The molecular weight excluding hydrogens is 314 g/mol. The minimum atomic E-state index is -3.49. The van der Waals surface area contributed by atoms with Crippen LogP contribution in [0, 0.1) is 18.8 Å². The number of nitrogens with zero attached hydrogens (tertiary/aromatic N) is 4. The quantitative estimate of drug-likeness (QED) is 0.914. The van der Waals surface area contributed by atoms with Gasteiger partial charge in [-0.3, -0.25) is 0 Å². The zero-order chi connectivity index (χ0) is 16.0. The van der Waals surface area contributed by atoms with Crippen LogP contribution in [0.3, 0.4) is 0 Å². The molecule has 4 rings (SSSR count). The molecule has 1 N–H and O–H groups in total. The summed E-state index contributed by atoms with van der Waals surface area (Å²) < 4.78 is 29.7. The summed E-state index contributed by atoms with van der Waals surface area (Å²) in [7, 11) is -3.49. The Morgan fingerprint density at radius 1 is 1.26 bits per heavy atom. The van der Waals surface area contributed by atoms with E-state index in [0.717, 1.165) is 24.1 Å². The van der Waals surface area contributed by atoms with Crippen molar-refractivity contribution >= 4 is 10.0 Å². The molecule has 0 radical (unpaired) electrons. The first-order valence-electron chi connectivity index (χ1n) is 7.89. The van der Waals surface area contributed by atoms with Gasteiger partial charge < -0.3 is 0 Å². The van der Waals surface area contributed by atoms with Crippen molar-refractivity contribution in [3.8, 4) is 5.69 Å². The number of rotatable bonds is 4. The molecule has 1 aromatic heterocycles. The molecule has 7 nitrogen and oxygen atoms in total. The van der Waals surface area contributed by atoms with Gasteiger partial charge in [-0.05, 0) is 72.2 Å². The first kappa shape index (κ1) is 14.8. The van der Waals surface area contributed by atoms with Crippen LogP contribution in [0.2, 0.25) is 0 Å². The molecule has 3 atom stereocenters. The molecule has 0 amide bonds. The molecule has 0 spiro atoms. The van der Waals surface area contributed by atoms with Gasteiger partial charge in [0, 0.05) is 6.04 Å². The smallest absolute Gasteiger partial charge is 0.208 e. The maximum atomic E-state index is 12.7. The predicted molar refractivity (Wildman–Crippen MR) is 83.4 cm³/mol. The molecule has 2 aromatic rings. The Hall–Kier alpha value is -1.80. The summed E-state index contributed by atoms with van der Waals surface area (Å²) >= 11 is 0. The van der Waals surface area contributed by atoms with Crippen molar-refractivity contribution in [2.24, 2.45) is 11.8 Å². The van der Waals surface area contributed by atoms with Gasteiger partial charge in [0.05, 0.1) is 10.6 Å². The molecule has 1 aromatic carbocycles. The highest BCUT2D eigenvalue weighted by molar-refractivity contribution is 7.89. The van der Waals surface area contributed by atoms with E-state index in [4.69, 9.17) is 0 Å². The topological polar surface area (TPSA) is 89.8 Å². The van der Waals surface area contributed by atoms with Crippen LogP contribution in [0.5, 0.6) is 0 Å². The molecule has 2 fully saturated rings. The number of nitrogens with one attached hydrogen (secondary N) is 1. The number of hydrogen-bond acceptors (Lipinski definition) is 5. The minimum Gasteiger partial charge on any atom is -0.208 e. The fraction of sp³-hybridized carbons (Fsp3) is 0.533. The van der Waals surface area contributed by atoms with Crippen LogP contribution in [-0.2, 0) is 10.0 Å². The summed E-state index contributed by atoms with van der Waals surface area (Å²) in [5.74, 6) is 1.22. The van der Waals surface area contributed by atoms with Crippen LogP contribution in [0.1, 0.15) is 31.2 Å². The van der Waals surface area contributed by atoms with E-state index in [1.165, 1.54) is 23.9 Å². The number of fused-ring (bicyclic) bond motifs is 2. The molecule has 0 saturated heterocycles. The SMILES string of the molecule is Cc1cc(S(=O)(=O)NC2CC3CCC2C3)ccc1-n1cnnn1. The fourth-order valence-electron chi connectivity index (χ4n) is 3.98. The van der Waals surface area contributed by atoms with Crippen molar-refractivity contribution in [1.82, 2.24) is 24.9 Å². The van der Waals surface area contributed by atoms with Crippen molar-refractivity contribution in [1.29, 1.82) is 0 Å². The third-order valence-corrected chi connectivity index (χ3v) is 6.61. The van der Waals surface area contributed by atoms with Gasteiger partial charge in [0.2, 0.25) is 10.0 Å².